The predicted molar refractivity (Wildman–Crippen MR) is 92.7 cm³/mol. The van der Waals surface area contributed by atoms with Crippen LogP contribution in [-0.2, 0) is 4.79 Å². The van der Waals surface area contributed by atoms with Crippen LogP contribution in [0, 0.1) is 21.4 Å². The van der Waals surface area contributed by atoms with E-state index in [1.807, 2.05) is 6.07 Å². The summed E-state index contributed by atoms with van der Waals surface area (Å²) in [7, 11) is 0. The van der Waals surface area contributed by atoms with Gasteiger partial charge in [-0.3, -0.25) is 19.8 Å². The van der Waals surface area contributed by atoms with Gasteiger partial charge in [0.1, 0.15) is 11.6 Å². The number of piperazine rings is 1. The van der Waals surface area contributed by atoms with E-state index in [-0.39, 0.29) is 11.3 Å². The lowest BCUT2D eigenvalue weighted by atomic mass is 10.2. The highest BCUT2D eigenvalue weighted by molar-refractivity contribution is 5.97. The Morgan fingerprint density at radius 1 is 1.36 bits per heavy atom. The van der Waals surface area contributed by atoms with Gasteiger partial charge in [0.15, 0.2) is 0 Å². The molecule has 0 unspecified atom stereocenters. The lowest BCUT2D eigenvalue weighted by Crippen LogP contribution is -2.46. The first kappa shape index (κ1) is 18.4. The molecule has 25 heavy (non-hydrogen) atoms. The average Bonchev–Trinajstić information content (AvgIpc) is 2.63. The second-order valence-corrected chi connectivity index (χ2v) is 5.47. The van der Waals surface area contributed by atoms with Gasteiger partial charge < -0.3 is 16.0 Å². The molecule has 1 saturated heterocycles. The van der Waals surface area contributed by atoms with E-state index in [1.54, 1.807) is 0 Å². The number of hydrogen-bond donors (Lipinski definition) is 3. The van der Waals surface area contributed by atoms with E-state index in [4.69, 9.17) is 5.26 Å². The molecule has 0 aliphatic carbocycles. The summed E-state index contributed by atoms with van der Waals surface area (Å²) in [6, 6.07) is 7.54. The highest BCUT2D eigenvalue weighted by atomic mass is 16.6. The number of nitrogens with one attached hydrogen (secondary N) is 3. The Hall–Kier alpha value is -2.96. The van der Waals surface area contributed by atoms with Crippen molar-refractivity contribution in [1.82, 2.24) is 15.5 Å². The SMILES string of the molecule is N#C/C(=C/Nc1ccc([N+](=O)[O-])cc1)C(=O)NCCN1CCNCC1. The summed E-state index contributed by atoms with van der Waals surface area (Å²) in [4.78, 5) is 24.4. The van der Waals surface area contributed by atoms with Crippen LogP contribution in [-0.4, -0.2) is 55.0 Å². The Morgan fingerprint density at radius 3 is 2.64 bits per heavy atom. The van der Waals surface area contributed by atoms with Gasteiger partial charge in [0.2, 0.25) is 0 Å². The number of non-ortho nitro benzene ring substituents is 1. The molecular weight excluding hydrogens is 324 g/mol. The number of benzene rings is 1. The van der Waals surface area contributed by atoms with Crippen LogP contribution in [0.4, 0.5) is 11.4 Å². The van der Waals surface area contributed by atoms with E-state index in [2.05, 4.69) is 20.9 Å². The Kier molecular flexibility index (Phi) is 6.88. The first-order valence-electron chi connectivity index (χ1n) is 7.92. The van der Waals surface area contributed by atoms with Gasteiger partial charge in [0.05, 0.1) is 4.92 Å². The Morgan fingerprint density at radius 2 is 2.04 bits per heavy atom. The molecule has 9 nitrogen and oxygen atoms in total. The second-order valence-electron chi connectivity index (χ2n) is 5.47. The zero-order chi connectivity index (χ0) is 18.1. The Balaban J connectivity index is 1.82. The third-order valence-corrected chi connectivity index (χ3v) is 3.75. The van der Waals surface area contributed by atoms with Crippen LogP contribution in [0.3, 0.4) is 0 Å². The van der Waals surface area contributed by atoms with E-state index < -0.39 is 10.8 Å². The zero-order valence-electron chi connectivity index (χ0n) is 13.7. The van der Waals surface area contributed by atoms with Gasteiger partial charge in [-0.05, 0) is 12.1 Å². The van der Waals surface area contributed by atoms with Gasteiger partial charge in [-0.25, -0.2) is 0 Å². The summed E-state index contributed by atoms with van der Waals surface area (Å²) in [6.07, 6.45) is 1.29. The van der Waals surface area contributed by atoms with Crippen LogP contribution in [0.5, 0.6) is 0 Å². The molecular formula is C16H20N6O3. The molecule has 2 rings (SSSR count). The largest absolute Gasteiger partial charge is 0.360 e. The third-order valence-electron chi connectivity index (χ3n) is 3.75. The summed E-state index contributed by atoms with van der Waals surface area (Å²) in [6.45, 7) is 4.97. The Bertz CT molecular complexity index is 674. The van der Waals surface area contributed by atoms with Crippen LogP contribution in [0.25, 0.3) is 0 Å². The van der Waals surface area contributed by atoms with Crippen LogP contribution in [0.15, 0.2) is 36.0 Å². The van der Waals surface area contributed by atoms with Crippen molar-refractivity contribution >= 4 is 17.3 Å². The lowest BCUT2D eigenvalue weighted by molar-refractivity contribution is -0.384. The summed E-state index contributed by atoms with van der Waals surface area (Å²) in [5.41, 5.74) is 0.464. The fraction of sp³-hybridized carbons (Fsp3) is 0.375. The number of nitrogens with zero attached hydrogens (tertiary/aromatic N) is 3. The van der Waals surface area contributed by atoms with Gasteiger partial charge in [-0.2, -0.15) is 5.26 Å². The number of anilines is 1. The van der Waals surface area contributed by atoms with E-state index in [0.29, 0.717) is 12.2 Å². The van der Waals surface area contributed by atoms with Crippen molar-refractivity contribution in [2.75, 3.05) is 44.6 Å². The van der Waals surface area contributed by atoms with Gasteiger partial charge in [0, 0.05) is 63.3 Å². The molecule has 0 bridgehead atoms. The second kappa shape index (κ2) is 9.36. The standard InChI is InChI=1S/C16H20N6O3/c17-11-13(12-20-14-1-3-15(4-2-14)22(24)25)16(23)19-7-10-21-8-5-18-6-9-21/h1-4,12,18,20H,5-10H2,(H,19,23)/b13-12-. The van der Waals surface area contributed by atoms with Crippen LogP contribution >= 0.6 is 0 Å². The van der Waals surface area contributed by atoms with Crippen LogP contribution in [0.2, 0.25) is 0 Å². The van der Waals surface area contributed by atoms with Crippen molar-refractivity contribution in [1.29, 1.82) is 5.26 Å². The molecule has 3 N–H and O–H groups in total. The van der Waals surface area contributed by atoms with Crippen molar-refractivity contribution in [3.63, 3.8) is 0 Å². The number of carbonyl (C=O) groups is 1. The minimum Gasteiger partial charge on any atom is -0.360 e. The molecule has 1 aromatic rings. The van der Waals surface area contributed by atoms with Crippen LogP contribution < -0.4 is 16.0 Å². The molecule has 132 valence electrons. The van der Waals surface area contributed by atoms with Crippen molar-refractivity contribution in [3.05, 3.63) is 46.2 Å². The molecule has 0 spiro atoms. The number of amides is 1. The highest BCUT2D eigenvalue weighted by Gasteiger charge is 2.12. The fourth-order valence-corrected chi connectivity index (χ4v) is 2.34. The number of nitro benzene ring substituents is 1. The number of hydrogen-bond acceptors (Lipinski definition) is 7. The lowest BCUT2D eigenvalue weighted by Gasteiger charge is -2.27. The molecule has 1 aliphatic rings. The highest BCUT2D eigenvalue weighted by Crippen LogP contribution is 2.15. The molecule has 0 atom stereocenters. The van der Waals surface area contributed by atoms with Gasteiger partial charge in [-0.1, -0.05) is 0 Å². The normalized spacial score (nSPS) is 15.2. The molecule has 1 aliphatic heterocycles. The summed E-state index contributed by atoms with van der Waals surface area (Å²) >= 11 is 0. The van der Waals surface area contributed by atoms with Gasteiger partial charge >= 0.3 is 0 Å². The summed E-state index contributed by atoms with van der Waals surface area (Å²) in [5.74, 6) is -0.452. The maximum atomic E-state index is 12.0. The van der Waals surface area contributed by atoms with E-state index >= 15 is 0 Å². The molecule has 1 heterocycles. The Labute approximate surface area is 145 Å². The van der Waals surface area contributed by atoms with Crippen LogP contribution in [0.1, 0.15) is 0 Å². The van der Waals surface area contributed by atoms with Gasteiger partial charge in [0.25, 0.3) is 11.6 Å². The van der Waals surface area contributed by atoms with E-state index in [0.717, 1.165) is 32.7 Å². The molecule has 1 amide bonds. The minimum atomic E-state index is -0.494. The first-order chi connectivity index (χ1) is 12.1. The summed E-state index contributed by atoms with van der Waals surface area (Å²) in [5, 5.41) is 28.5. The van der Waals surface area contributed by atoms with E-state index in [1.165, 1.54) is 30.5 Å². The van der Waals surface area contributed by atoms with Crippen molar-refractivity contribution in [3.8, 4) is 6.07 Å². The number of rotatable bonds is 7. The maximum absolute atomic E-state index is 12.0. The first-order valence-corrected chi connectivity index (χ1v) is 7.92. The number of carbonyl (C=O) groups excluding carboxylic acids is 1. The number of nitro groups is 1. The monoisotopic (exact) mass is 344 g/mol. The smallest absolute Gasteiger partial charge is 0.269 e. The van der Waals surface area contributed by atoms with Crippen molar-refractivity contribution < 1.29 is 9.72 Å². The van der Waals surface area contributed by atoms with Gasteiger partial charge in [-0.15, -0.1) is 0 Å². The maximum Gasteiger partial charge on any atom is 0.269 e. The van der Waals surface area contributed by atoms with E-state index in [9.17, 15) is 14.9 Å². The zero-order valence-corrected chi connectivity index (χ0v) is 13.7. The molecule has 1 aromatic carbocycles. The fourth-order valence-electron chi connectivity index (χ4n) is 2.34. The van der Waals surface area contributed by atoms with Crippen molar-refractivity contribution in [2.24, 2.45) is 0 Å². The molecule has 0 saturated carbocycles. The summed E-state index contributed by atoms with van der Waals surface area (Å²) < 4.78 is 0. The predicted octanol–water partition coefficient (Wildman–Crippen LogP) is 0.436. The topological polar surface area (TPSA) is 123 Å². The molecule has 1 fully saturated rings. The average molecular weight is 344 g/mol. The quantitative estimate of drug-likeness (QED) is 0.284. The molecule has 0 radical (unpaired) electrons. The molecule has 9 heteroatoms. The third kappa shape index (κ3) is 5.87. The number of nitriles is 1. The minimum absolute atomic E-state index is 0.0271. The van der Waals surface area contributed by atoms with Crippen molar-refractivity contribution in [2.45, 2.75) is 0 Å². The molecule has 0 aromatic heterocycles.